The van der Waals surface area contributed by atoms with E-state index in [0.717, 1.165) is 6.33 Å². The van der Waals surface area contributed by atoms with E-state index in [9.17, 15) is 49.6 Å². The summed E-state index contributed by atoms with van der Waals surface area (Å²) in [6.07, 6.45) is -16.0. The molecular formula is C17H27N5O16P2. The number of ether oxygens (including phenoxy) is 2. The van der Waals surface area contributed by atoms with E-state index in [1.165, 1.54) is 10.9 Å². The van der Waals surface area contributed by atoms with Gasteiger partial charge in [-0.15, -0.1) is 0 Å². The second-order valence-electron chi connectivity index (χ2n) is 8.74. The minimum Gasteiger partial charge on any atom is -0.394 e. The Morgan fingerprint density at radius 1 is 0.975 bits per heavy atom. The van der Waals surface area contributed by atoms with Crippen LogP contribution in [0.2, 0.25) is 0 Å². The Labute approximate surface area is 223 Å². The molecule has 40 heavy (non-hydrogen) atoms. The third-order valence-corrected chi connectivity index (χ3v) is 8.62. The van der Waals surface area contributed by atoms with Crippen molar-refractivity contribution in [1.29, 1.82) is 0 Å². The molecule has 0 aromatic carbocycles. The predicted molar refractivity (Wildman–Crippen MR) is 123 cm³/mol. The van der Waals surface area contributed by atoms with Crippen LogP contribution in [-0.2, 0) is 32.0 Å². The van der Waals surface area contributed by atoms with Gasteiger partial charge in [-0.25, -0.2) is 24.1 Å². The Hall–Kier alpha value is -1.75. The summed E-state index contributed by atoms with van der Waals surface area (Å²) in [7, 11) is -11.2. The van der Waals surface area contributed by atoms with Crippen molar-refractivity contribution in [3.63, 3.8) is 0 Å². The molecule has 2 unspecified atom stereocenters. The van der Waals surface area contributed by atoms with Crippen LogP contribution in [0.4, 0.5) is 5.82 Å². The Morgan fingerprint density at radius 3 is 2.35 bits per heavy atom. The summed E-state index contributed by atoms with van der Waals surface area (Å²) in [5.41, 5.74) is 6.03. The molecule has 11 N–H and O–H groups in total. The zero-order valence-electron chi connectivity index (χ0n) is 20.0. The maximum absolute atomic E-state index is 12.3. The average molecular weight is 619 g/mol. The average Bonchev–Trinajstić information content (AvgIpc) is 3.43. The topological polar surface area (TPSA) is 332 Å². The Morgan fingerprint density at radius 2 is 1.68 bits per heavy atom. The van der Waals surface area contributed by atoms with Gasteiger partial charge in [-0.1, -0.05) is 0 Å². The SMILES string of the molecule is Nc1ncnc2c1ncn2[C@@H]1O[C@H](COP(=O)(O)OP(=O)(O)O[C@@H]2O[C@H]([C@H](O)CO)[C@@H](O)[C@H](O)[C@@H]2O)[C@@H](O)[C@H]1O. The van der Waals surface area contributed by atoms with E-state index >= 15 is 0 Å². The zero-order chi connectivity index (χ0) is 29.6. The number of aliphatic hydroxyl groups is 7. The van der Waals surface area contributed by atoms with Crippen molar-refractivity contribution < 1.29 is 77.5 Å². The maximum atomic E-state index is 12.3. The molecule has 0 radical (unpaired) electrons. The first-order valence-corrected chi connectivity index (χ1v) is 14.3. The largest absolute Gasteiger partial charge is 0.483 e. The van der Waals surface area contributed by atoms with Gasteiger partial charge in [0, 0.05) is 0 Å². The molecule has 12 atom stereocenters. The van der Waals surface area contributed by atoms with Gasteiger partial charge in [0.1, 0.15) is 60.7 Å². The van der Waals surface area contributed by atoms with E-state index in [4.69, 9.17) is 20.3 Å². The number of aliphatic hydroxyl groups excluding tert-OH is 7. The van der Waals surface area contributed by atoms with E-state index in [1.807, 2.05) is 0 Å². The second kappa shape index (κ2) is 11.9. The maximum Gasteiger partial charge on any atom is 0.483 e. The minimum atomic E-state index is -5.65. The first-order chi connectivity index (χ1) is 18.7. The van der Waals surface area contributed by atoms with E-state index in [2.05, 4.69) is 28.3 Å². The lowest BCUT2D eigenvalue weighted by atomic mass is 9.96. The molecule has 2 aliphatic heterocycles. The summed E-state index contributed by atoms with van der Waals surface area (Å²) in [6, 6.07) is 0. The number of hydrogen-bond donors (Lipinski definition) is 10. The number of imidazole rings is 1. The summed E-state index contributed by atoms with van der Waals surface area (Å²) >= 11 is 0. The van der Waals surface area contributed by atoms with E-state index in [0.29, 0.717) is 0 Å². The Bertz CT molecular complexity index is 1290. The molecule has 2 saturated heterocycles. The number of nitrogens with zero attached hydrogens (tertiary/aromatic N) is 4. The van der Waals surface area contributed by atoms with Crippen LogP contribution in [0.25, 0.3) is 11.2 Å². The first-order valence-electron chi connectivity index (χ1n) is 11.3. The summed E-state index contributed by atoms with van der Waals surface area (Å²) in [6.45, 7) is -1.95. The molecule has 2 fully saturated rings. The van der Waals surface area contributed by atoms with Crippen LogP contribution >= 0.6 is 15.6 Å². The molecule has 2 aromatic heterocycles. The van der Waals surface area contributed by atoms with Gasteiger partial charge in [0.05, 0.1) is 19.5 Å². The number of fused-ring (bicyclic) bond motifs is 1. The first kappa shape index (κ1) is 31.2. The van der Waals surface area contributed by atoms with Crippen molar-refractivity contribution in [3.05, 3.63) is 12.7 Å². The highest BCUT2D eigenvalue weighted by Crippen LogP contribution is 2.61. The monoisotopic (exact) mass is 619 g/mol. The highest BCUT2D eigenvalue weighted by Gasteiger charge is 2.51. The molecule has 2 aromatic rings. The molecule has 0 bridgehead atoms. The molecule has 226 valence electrons. The fourth-order valence-electron chi connectivity index (χ4n) is 4.01. The van der Waals surface area contributed by atoms with Crippen LogP contribution in [0.5, 0.6) is 0 Å². The van der Waals surface area contributed by atoms with Crippen molar-refractivity contribution in [2.24, 2.45) is 0 Å². The zero-order valence-corrected chi connectivity index (χ0v) is 21.8. The number of aromatic nitrogens is 4. The van der Waals surface area contributed by atoms with Crippen molar-refractivity contribution in [1.82, 2.24) is 19.5 Å². The normalized spacial score (nSPS) is 36.8. The van der Waals surface area contributed by atoms with Crippen LogP contribution in [0.3, 0.4) is 0 Å². The summed E-state index contributed by atoms with van der Waals surface area (Å²) in [4.78, 5) is 31.6. The molecule has 4 heterocycles. The third kappa shape index (κ3) is 6.35. The lowest BCUT2D eigenvalue weighted by Crippen LogP contribution is -2.61. The number of phosphoric acid groups is 2. The van der Waals surface area contributed by atoms with Crippen LogP contribution in [-0.4, -0.2) is 133 Å². The minimum absolute atomic E-state index is 0.0302. The Kier molecular flexibility index (Phi) is 9.25. The number of hydrogen-bond acceptors (Lipinski definition) is 18. The number of nitrogens with two attached hydrogens (primary N) is 1. The molecule has 23 heteroatoms. The van der Waals surface area contributed by atoms with Gasteiger partial charge in [-0.05, 0) is 0 Å². The van der Waals surface area contributed by atoms with Gasteiger partial charge >= 0.3 is 15.6 Å². The Balaban J connectivity index is 1.38. The molecule has 0 saturated carbocycles. The molecule has 0 aliphatic carbocycles. The van der Waals surface area contributed by atoms with Gasteiger partial charge < -0.3 is 60.7 Å². The molecule has 4 rings (SSSR count). The van der Waals surface area contributed by atoms with Crippen LogP contribution in [0.1, 0.15) is 6.23 Å². The highest BCUT2D eigenvalue weighted by atomic mass is 31.3. The van der Waals surface area contributed by atoms with Gasteiger partial charge in [0.25, 0.3) is 0 Å². The number of anilines is 1. The van der Waals surface area contributed by atoms with Crippen LogP contribution in [0.15, 0.2) is 12.7 Å². The third-order valence-electron chi connectivity index (χ3n) is 6.02. The van der Waals surface area contributed by atoms with Crippen molar-refractivity contribution >= 4 is 32.6 Å². The van der Waals surface area contributed by atoms with Crippen molar-refractivity contribution in [3.8, 4) is 0 Å². The van der Waals surface area contributed by atoms with Crippen molar-refractivity contribution in [2.75, 3.05) is 18.9 Å². The van der Waals surface area contributed by atoms with E-state index in [1.54, 1.807) is 0 Å². The van der Waals surface area contributed by atoms with E-state index in [-0.39, 0.29) is 17.0 Å². The lowest BCUT2D eigenvalue weighted by Gasteiger charge is -2.41. The molecular weight excluding hydrogens is 592 g/mol. The van der Waals surface area contributed by atoms with Gasteiger partial charge in [-0.3, -0.25) is 13.6 Å². The fourth-order valence-corrected chi connectivity index (χ4v) is 6.17. The number of phosphoric ester groups is 2. The molecule has 2 aliphatic rings. The number of rotatable bonds is 10. The highest BCUT2D eigenvalue weighted by molar-refractivity contribution is 7.61. The van der Waals surface area contributed by atoms with E-state index < -0.39 is 90.2 Å². The lowest BCUT2D eigenvalue weighted by molar-refractivity contribution is -0.292. The molecule has 21 nitrogen and oxygen atoms in total. The summed E-state index contributed by atoms with van der Waals surface area (Å²) < 4.78 is 49.6. The quantitative estimate of drug-likeness (QED) is 0.112. The van der Waals surface area contributed by atoms with Gasteiger partial charge in [0.15, 0.2) is 24.0 Å². The summed E-state index contributed by atoms with van der Waals surface area (Å²) in [5.74, 6) is 0.0302. The fraction of sp³-hybridized carbons (Fsp3) is 0.706. The number of nitrogen functional groups attached to an aromatic ring is 1. The van der Waals surface area contributed by atoms with Crippen molar-refractivity contribution in [2.45, 2.75) is 61.3 Å². The molecule has 0 amide bonds. The summed E-state index contributed by atoms with van der Waals surface area (Å²) in [5, 5.41) is 69.3. The smallest absolute Gasteiger partial charge is 0.394 e. The second-order valence-corrected chi connectivity index (χ2v) is 11.7. The standard InChI is InChI=1S/C17H27N5O16P2/c18-14-7-15(20-3-19-14)22(4-21-7)16-11(28)8(25)6(35-16)2-34-39(30,31)38-40(32,33)37-17-12(29)9(26)10(27)13(36-17)5(24)1-23/h3-6,8-13,16-17,23-29H,1-2H2,(H,30,31)(H,32,33)(H2,18,19,20)/t5-,6-,8-,9+,10+,11-,12+,13-,16-,17+/m1/s1. The molecule has 0 spiro atoms. The predicted octanol–water partition coefficient (Wildman–Crippen LogP) is -4.56. The van der Waals surface area contributed by atoms with Crippen LogP contribution < -0.4 is 5.73 Å². The van der Waals surface area contributed by atoms with Crippen LogP contribution in [0, 0.1) is 0 Å². The van der Waals surface area contributed by atoms with Gasteiger partial charge in [0.2, 0.25) is 0 Å². The van der Waals surface area contributed by atoms with Gasteiger partial charge in [-0.2, -0.15) is 4.31 Å².